The van der Waals surface area contributed by atoms with E-state index in [1.54, 1.807) is 55.4 Å². The number of rotatable bonds is 20. The number of hydrogen-bond donors (Lipinski definition) is 0. The van der Waals surface area contributed by atoms with E-state index in [0.717, 1.165) is 0 Å². The molecule has 0 spiro atoms. The fourth-order valence-electron chi connectivity index (χ4n) is 3.45. The molecule has 0 atom stereocenters. The summed E-state index contributed by atoms with van der Waals surface area (Å²) >= 11 is 0. The standard InChI is InChI=1S/C20H40O12P4/c1-9-25-33(21,26-10-2)17-18(34(22,27-11-3)28-12-4)20(36(24,31-15-7)32-16-8)19(17)35(23,29-13-5)30-14-6/h9-16H2,1-8H3. The molecule has 212 valence electrons. The van der Waals surface area contributed by atoms with Crippen LogP contribution in [0.4, 0.5) is 0 Å². The molecule has 1 aliphatic carbocycles. The number of allylic oxidation sites excluding steroid dienone is 4. The average Bonchev–Trinajstić information content (AvgIpc) is 2.74. The highest BCUT2D eigenvalue weighted by molar-refractivity contribution is 7.71. The highest BCUT2D eigenvalue weighted by atomic mass is 31.2. The first-order chi connectivity index (χ1) is 17.0. The number of hydrogen-bond acceptors (Lipinski definition) is 12. The third-order valence-corrected chi connectivity index (χ3v) is 13.9. The normalized spacial score (nSPS) is 15.6. The Morgan fingerprint density at radius 3 is 0.528 bits per heavy atom. The Hall–Kier alpha value is 0.0800. The summed E-state index contributed by atoms with van der Waals surface area (Å²) in [5.41, 5.74) is 0. The van der Waals surface area contributed by atoms with E-state index in [9.17, 15) is 18.3 Å². The first-order valence-corrected chi connectivity index (χ1v) is 18.2. The molecule has 0 aromatic heterocycles. The van der Waals surface area contributed by atoms with Gasteiger partial charge < -0.3 is 36.2 Å². The first-order valence-electron chi connectivity index (χ1n) is 12.1. The lowest BCUT2D eigenvalue weighted by molar-refractivity contribution is 0.212. The van der Waals surface area contributed by atoms with E-state index in [2.05, 4.69) is 0 Å². The highest BCUT2D eigenvalue weighted by Crippen LogP contribution is 2.86. The summed E-state index contributed by atoms with van der Waals surface area (Å²) in [6.45, 7) is 12.0. The van der Waals surface area contributed by atoms with Gasteiger partial charge in [0.25, 0.3) is 0 Å². The van der Waals surface area contributed by atoms with Gasteiger partial charge in [-0.2, -0.15) is 0 Å². The second-order valence-electron chi connectivity index (χ2n) is 6.73. The Morgan fingerprint density at radius 1 is 0.333 bits per heavy atom. The van der Waals surface area contributed by atoms with Gasteiger partial charge in [-0.1, -0.05) is 0 Å². The predicted molar refractivity (Wildman–Crippen MR) is 137 cm³/mol. The third-order valence-electron chi connectivity index (χ3n) is 4.39. The molecule has 16 heteroatoms. The minimum atomic E-state index is -4.34. The molecule has 1 rings (SSSR count). The maximum atomic E-state index is 14.1. The zero-order chi connectivity index (χ0) is 27.6. The van der Waals surface area contributed by atoms with Gasteiger partial charge >= 0.3 is 30.4 Å². The van der Waals surface area contributed by atoms with Crippen molar-refractivity contribution in [3.05, 3.63) is 21.3 Å². The van der Waals surface area contributed by atoms with Crippen molar-refractivity contribution in [2.75, 3.05) is 52.9 Å². The Morgan fingerprint density at radius 2 is 0.444 bits per heavy atom. The Balaban J connectivity index is 4.32. The molecule has 0 aromatic rings. The van der Waals surface area contributed by atoms with Crippen molar-refractivity contribution >= 4 is 30.4 Å². The molecule has 0 aromatic carbocycles. The molecule has 0 saturated heterocycles. The zero-order valence-electron chi connectivity index (χ0n) is 22.3. The fraction of sp³-hybridized carbons (Fsp3) is 0.800. The summed E-state index contributed by atoms with van der Waals surface area (Å²) in [4.78, 5) is 0. The SMILES string of the molecule is CCOP(=O)(OCC)C1=C(P(=O)(OCC)OCC)C(P(=O)(OCC)OCC)=C1P(=O)(OCC)OCC. The Bertz CT molecular complexity index is 784. The van der Waals surface area contributed by atoms with Gasteiger partial charge in [-0.25, -0.2) is 0 Å². The Labute approximate surface area is 214 Å². The van der Waals surface area contributed by atoms with Crippen molar-refractivity contribution in [2.24, 2.45) is 0 Å². The van der Waals surface area contributed by atoms with Gasteiger partial charge in [0.05, 0.1) is 74.1 Å². The molecule has 36 heavy (non-hydrogen) atoms. The first kappa shape index (κ1) is 34.1. The van der Waals surface area contributed by atoms with Crippen LogP contribution >= 0.6 is 30.4 Å². The third kappa shape index (κ3) is 7.18. The fourth-order valence-corrected chi connectivity index (χ4v) is 13.8. The van der Waals surface area contributed by atoms with Gasteiger partial charge in [-0.3, -0.25) is 18.3 Å². The van der Waals surface area contributed by atoms with Crippen molar-refractivity contribution < 1.29 is 54.5 Å². The summed E-state index contributed by atoms with van der Waals surface area (Å²) in [5, 5.41) is -1.51. The van der Waals surface area contributed by atoms with E-state index in [0.29, 0.717) is 0 Å². The highest BCUT2D eigenvalue weighted by Gasteiger charge is 2.62. The summed E-state index contributed by atoms with van der Waals surface area (Å²) in [5.74, 6) is 0. The van der Waals surface area contributed by atoms with Crippen molar-refractivity contribution in [3.8, 4) is 0 Å². The lowest BCUT2D eigenvalue weighted by Gasteiger charge is -2.39. The van der Waals surface area contributed by atoms with E-state index >= 15 is 0 Å². The Kier molecular flexibility index (Phi) is 14.2. The smallest absolute Gasteiger partial charge is 0.305 e. The van der Waals surface area contributed by atoms with Crippen LogP contribution in [0.25, 0.3) is 0 Å². The molecule has 0 aliphatic heterocycles. The lowest BCUT2D eigenvalue weighted by Crippen LogP contribution is -2.21. The van der Waals surface area contributed by atoms with Crippen LogP contribution < -0.4 is 0 Å². The molecule has 12 nitrogen and oxygen atoms in total. The van der Waals surface area contributed by atoms with Crippen LogP contribution in [-0.2, 0) is 54.5 Å². The molecule has 0 heterocycles. The summed E-state index contributed by atoms with van der Waals surface area (Å²) in [7, 11) is -17.4. The largest absolute Gasteiger partial charge is 0.363 e. The minimum Gasteiger partial charge on any atom is -0.305 e. The topological polar surface area (TPSA) is 142 Å². The summed E-state index contributed by atoms with van der Waals surface area (Å²) in [6, 6.07) is 0. The second-order valence-corrected chi connectivity index (χ2v) is 14.6. The quantitative estimate of drug-likeness (QED) is 0.129. The molecule has 1 aliphatic rings. The minimum absolute atomic E-state index is 0.0770. The van der Waals surface area contributed by atoms with Gasteiger partial charge in [0.2, 0.25) is 0 Å². The monoisotopic (exact) mass is 596 g/mol. The molecular weight excluding hydrogens is 556 g/mol. The van der Waals surface area contributed by atoms with Gasteiger partial charge in [0.1, 0.15) is 0 Å². The zero-order valence-corrected chi connectivity index (χ0v) is 25.9. The molecule has 0 fully saturated rings. The van der Waals surface area contributed by atoms with Gasteiger partial charge in [0, 0.05) is 0 Å². The van der Waals surface area contributed by atoms with E-state index in [1.807, 2.05) is 0 Å². The van der Waals surface area contributed by atoms with Crippen LogP contribution in [0, 0.1) is 0 Å². The van der Waals surface area contributed by atoms with Crippen LogP contribution in [0.5, 0.6) is 0 Å². The molecule has 0 bridgehead atoms. The lowest BCUT2D eigenvalue weighted by atomic mass is 10.3. The van der Waals surface area contributed by atoms with E-state index in [-0.39, 0.29) is 74.1 Å². The van der Waals surface area contributed by atoms with Crippen LogP contribution in [-0.4, -0.2) is 52.9 Å². The molecule has 0 saturated carbocycles. The van der Waals surface area contributed by atoms with E-state index in [4.69, 9.17) is 36.2 Å². The molecule has 0 unspecified atom stereocenters. The summed E-state index contributed by atoms with van der Waals surface area (Å²) in [6.07, 6.45) is 0. The molecular formula is C20H40O12P4. The predicted octanol–water partition coefficient (Wildman–Crippen LogP) is 7.49. The van der Waals surface area contributed by atoms with Crippen LogP contribution in [0.2, 0.25) is 0 Å². The molecule has 0 amide bonds. The summed E-state index contributed by atoms with van der Waals surface area (Å²) < 4.78 is 101. The van der Waals surface area contributed by atoms with Crippen molar-refractivity contribution in [1.82, 2.24) is 0 Å². The maximum absolute atomic E-state index is 14.1. The van der Waals surface area contributed by atoms with Crippen molar-refractivity contribution in [1.29, 1.82) is 0 Å². The molecule has 0 radical (unpaired) electrons. The van der Waals surface area contributed by atoms with Crippen LogP contribution in [0.15, 0.2) is 21.3 Å². The molecule has 0 N–H and O–H groups in total. The van der Waals surface area contributed by atoms with E-state index < -0.39 is 30.4 Å². The van der Waals surface area contributed by atoms with Crippen molar-refractivity contribution in [2.45, 2.75) is 55.4 Å². The van der Waals surface area contributed by atoms with Crippen molar-refractivity contribution in [3.63, 3.8) is 0 Å². The van der Waals surface area contributed by atoms with Gasteiger partial charge in [0.15, 0.2) is 0 Å². The van der Waals surface area contributed by atoms with Gasteiger partial charge in [-0.15, -0.1) is 0 Å². The van der Waals surface area contributed by atoms with Crippen LogP contribution in [0.3, 0.4) is 0 Å². The van der Waals surface area contributed by atoms with Gasteiger partial charge in [-0.05, 0) is 55.4 Å². The van der Waals surface area contributed by atoms with Crippen LogP contribution in [0.1, 0.15) is 55.4 Å². The second kappa shape index (κ2) is 15.0. The van der Waals surface area contributed by atoms with E-state index in [1.165, 1.54) is 0 Å². The average molecular weight is 596 g/mol. The maximum Gasteiger partial charge on any atom is 0.363 e.